The van der Waals surface area contributed by atoms with Gasteiger partial charge >= 0.3 is 0 Å². The van der Waals surface area contributed by atoms with E-state index in [1.54, 1.807) is 6.08 Å². The molecule has 0 saturated carbocycles. The lowest BCUT2D eigenvalue weighted by Crippen LogP contribution is -1.97. The maximum absolute atomic E-state index is 8.78. The van der Waals surface area contributed by atoms with Crippen LogP contribution in [0.5, 0.6) is 0 Å². The van der Waals surface area contributed by atoms with Crippen LogP contribution in [0.15, 0.2) is 12.2 Å². The lowest BCUT2D eigenvalue weighted by atomic mass is 10.1. The zero-order valence-corrected chi connectivity index (χ0v) is 10.6. The predicted octanol–water partition coefficient (Wildman–Crippen LogP) is 3.28. The van der Waals surface area contributed by atoms with Crippen LogP contribution < -0.4 is 0 Å². The molecule has 0 aliphatic rings. The topological polar surface area (TPSA) is 40.5 Å². The van der Waals surface area contributed by atoms with Gasteiger partial charge in [-0.15, -0.1) is 0 Å². The van der Waals surface area contributed by atoms with Gasteiger partial charge in [0.25, 0.3) is 0 Å². The summed E-state index contributed by atoms with van der Waals surface area (Å²) in [6.07, 6.45) is 10.5. The van der Waals surface area contributed by atoms with Crippen molar-refractivity contribution in [1.29, 1.82) is 0 Å². The van der Waals surface area contributed by atoms with Crippen LogP contribution in [0.1, 0.15) is 59.3 Å². The first-order valence-corrected chi connectivity index (χ1v) is 6.12. The van der Waals surface area contributed by atoms with E-state index in [-0.39, 0.29) is 12.7 Å². The molecule has 0 aliphatic heterocycles. The Kier molecular flexibility index (Phi) is 18.3. The molecule has 0 rings (SSSR count). The molecule has 1 unspecified atom stereocenters. The van der Waals surface area contributed by atoms with Gasteiger partial charge in [0.1, 0.15) is 0 Å². The third-order valence-corrected chi connectivity index (χ3v) is 1.95. The summed E-state index contributed by atoms with van der Waals surface area (Å²) in [4.78, 5) is 0. The van der Waals surface area contributed by atoms with E-state index in [4.69, 9.17) is 10.2 Å². The third kappa shape index (κ3) is 24.8. The molecular formula is C13H28O2. The Morgan fingerprint density at radius 3 is 2.13 bits per heavy atom. The summed E-state index contributed by atoms with van der Waals surface area (Å²) < 4.78 is 0. The van der Waals surface area contributed by atoms with Crippen LogP contribution in [0, 0.1) is 0 Å². The number of aliphatic hydroxyl groups is 2. The molecule has 15 heavy (non-hydrogen) atoms. The van der Waals surface area contributed by atoms with E-state index in [2.05, 4.69) is 13.8 Å². The minimum Gasteiger partial charge on any atom is -0.393 e. The molecule has 0 amide bonds. The van der Waals surface area contributed by atoms with Crippen LogP contribution in [0.25, 0.3) is 0 Å². The number of unbranched alkanes of at least 4 members (excludes halogenated alkanes) is 3. The van der Waals surface area contributed by atoms with Gasteiger partial charge in [-0.3, -0.25) is 0 Å². The monoisotopic (exact) mass is 216 g/mol. The Morgan fingerprint density at radius 2 is 1.73 bits per heavy atom. The van der Waals surface area contributed by atoms with Gasteiger partial charge in [-0.05, 0) is 19.8 Å². The number of allylic oxidation sites excluding steroid dienone is 1. The summed E-state index contributed by atoms with van der Waals surface area (Å²) in [5.74, 6) is 0. The van der Waals surface area contributed by atoms with Gasteiger partial charge in [0.15, 0.2) is 0 Å². The second-order valence-electron chi connectivity index (χ2n) is 3.79. The predicted molar refractivity (Wildman–Crippen MR) is 67.0 cm³/mol. The van der Waals surface area contributed by atoms with Crippen molar-refractivity contribution in [2.45, 2.75) is 65.4 Å². The highest BCUT2D eigenvalue weighted by atomic mass is 16.3. The molecule has 0 heterocycles. The van der Waals surface area contributed by atoms with Crippen LogP contribution in [0.3, 0.4) is 0 Å². The van der Waals surface area contributed by atoms with E-state index in [0.29, 0.717) is 0 Å². The Labute approximate surface area is 95.0 Å². The van der Waals surface area contributed by atoms with Crippen LogP contribution in [0.2, 0.25) is 0 Å². The van der Waals surface area contributed by atoms with Crippen molar-refractivity contribution in [3.63, 3.8) is 0 Å². The molecule has 0 aromatic heterocycles. The van der Waals surface area contributed by atoms with Gasteiger partial charge in [0.2, 0.25) is 0 Å². The Hall–Kier alpha value is -0.340. The molecule has 0 aromatic rings. The minimum atomic E-state index is -0.0958. The highest BCUT2D eigenvalue weighted by Gasteiger charge is 1.92. The van der Waals surface area contributed by atoms with E-state index in [0.717, 1.165) is 19.3 Å². The molecule has 2 N–H and O–H groups in total. The van der Waals surface area contributed by atoms with Crippen molar-refractivity contribution in [2.75, 3.05) is 6.61 Å². The van der Waals surface area contributed by atoms with Gasteiger partial charge < -0.3 is 10.2 Å². The second kappa shape index (κ2) is 16.1. The van der Waals surface area contributed by atoms with Crippen molar-refractivity contribution < 1.29 is 10.2 Å². The molecule has 92 valence electrons. The van der Waals surface area contributed by atoms with Crippen LogP contribution in [-0.2, 0) is 0 Å². The normalized spacial score (nSPS) is 12.3. The summed E-state index contributed by atoms with van der Waals surface area (Å²) in [6, 6.07) is 0. The molecule has 0 fully saturated rings. The zero-order valence-electron chi connectivity index (χ0n) is 10.6. The molecule has 0 aliphatic carbocycles. The van der Waals surface area contributed by atoms with Crippen molar-refractivity contribution >= 4 is 0 Å². The first kappa shape index (κ1) is 17.1. The molecule has 1 atom stereocenters. The zero-order chi connectivity index (χ0) is 11.9. The molecule has 0 saturated heterocycles. The summed E-state index contributed by atoms with van der Waals surface area (Å²) in [7, 11) is 0. The molecule has 0 aromatic carbocycles. The summed E-state index contributed by atoms with van der Waals surface area (Å²) in [5.41, 5.74) is 0. The van der Waals surface area contributed by atoms with Gasteiger partial charge in [0, 0.05) is 0 Å². The first-order valence-electron chi connectivity index (χ1n) is 6.12. The SMILES string of the molecule is CCCC=CCO.CCCCCC(C)O. The minimum absolute atomic E-state index is 0.0958. The first-order chi connectivity index (χ1) is 7.18. The van der Waals surface area contributed by atoms with E-state index in [9.17, 15) is 0 Å². The van der Waals surface area contributed by atoms with Crippen LogP contribution in [-0.4, -0.2) is 22.9 Å². The van der Waals surface area contributed by atoms with Crippen molar-refractivity contribution in [1.82, 2.24) is 0 Å². The second-order valence-corrected chi connectivity index (χ2v) is 3.79. The molecule has 2 heteroatoms. The Balaban J connectivity index is 0. The summed E-state index contributed by atoms with van der Waals surface area (Å²) in [5, 5.41) is 17.0. The van der Waals surface area contributed by atoms with Gasteiger partial charge in [-0.2, -0.15) is 0 Å². The number of hydrogen-bond acceptors (Lipinski definition) is 2. The van der Waals surface area contributed by atoms with E-state index in [1.165, 1.54) is 19.3 Å². The largest absolute Gasteiger partial charge is 0.393 e. The Morgan fingerprint density at radius 1 is 1.07 bits per heavy atom. The molecule has 0 spiro atoms. The van der Waals surface area contributed by atoms with Crippen molar-refractivity contribution in [2.24, 2.45) is 0 Å². The van der Waals surface area contributed by atoms with Gasteiger partial charge in [-0.1, -0.05) is 51.7 Å². The fourth-order valence-electron chi connectivity index (χ4n) is 1.05. The highest BCUT2D eigenvalue weighted by Crippen LogP contribution is 2.01. The standard InChI is InChI=1S/C7H16O.C6H12O/c1-3-4-5-6-7(2)8;1-2-3-4-5-6-7/h7-8H,3-6H2,1-2H3;4-5,7H,2-3,6H2,1H3. The average Bonchev–Trinajstić information content (AvgIpc) is 2.20. The maximum atomic E-state index is 8.78. The molecular weight excluding hydrogens is 188 g/mol. The third-order valence-electron chi connectivity index (χ3n) is 1.95. The van der Waals surface area contributed by atoms with Crippen molar-refractivity contribution in [3.8, 4) is 0 Å². The average molecular weight is 216 g/mol. The van der Waals surface area contributed by atoms with Gasteiger partial charge in [-0.25, -0.2) is 0 Å². The van der Waals surface area contributed by atoms with E-state index >= 15 is 0 Å². The number of hydrogen-bond donors (Lipinski definition) is 2. The Bertz CT molecular complexity index is 120. The quantitative estimate of drug-likeness (QED) is 0.506. The number of aliphatic hydroxyl groups excluding tert-OH is 2. The maximum Gasteiger partial charge on any atom is 0.0612 e. The van der Waals surface area contributed by atoms with Crippen molar-refractivity contribution in [3.05, 3.63) is 12.2 Å². The molecule has 0 radical (unpaired) electrons. The van der Waals surface area contributed by atoms with Crippen LogP contribution in [0.4, 0.5) is 0 Å². The van der Waals surface area contributed by atoms with Gasteiger partial charge in [0.05, 0.1) is 12.7 Å². The van der Waals surface area contributed by atoms with E-state index in [1.807, 2.05) is 13.0 Å². The lowest BCUT2D eigenvalue weighted by Gasteiger charge is -2.00. The molecule has 0 bridgehead atoms. The fraction of sp³-hybridized carbons (Fsp3) is 0.846. The van der Waals surface area contributed by atoms with E-state index < -0.39 is 0 Å². The molecule has 2 nitrogen and oxygen atoms in total. The smallest absolute Gasteiger partial charge is 0.0612 e. The summed E-state index contributed by atoms with van der Waals surface area (Å²) >= 11 is 0. The number of rotatable bonds is 7. The summed E-state index contributed by atoms with van der Waals surface area (Å²) in [6.45, 7) is 6.30. The fourth-order valence-corrected chi connectivity index (χ4v) is 1.05. The lowest BCUT2D eigenvalue weighted by molar-refractivity contribution is 0.180. The highest BCUT2D eigenvalue weighted by molar-refractivity contribution is 4.79. The van der Waals surface area contributed by atoms with Crippen LogP contribution >= 0.6 is 0 Å².